The standard InChI is InChI=1S/C22H23N3O4S/c1-27-15-6-4-14(5-7-15)21-23-17-10-11-25(13-20(17)30-21)22(26)24-18-12-16(28-2)8-9-19(18)29-3/h4-9,12H,10-11,13H2,1-3H3,(H,24,26). The number of carbonyl (C=O) groups excluding carboxylic acids is 1. The van der Waals surface area contributed by atoms with Crippen LogP contribution in [0, 0.1) is 0 Å². The Morgan fingerprint density at radius 2 is 1.77 bits per heavy atom. The van der Waals surface area contributed by atoms with Gasteiger partial charge in [-0.2, -0.15) is 0 Å². The highest BCUT2D eigenvalue weighted by Crippen LogP contribution is 2.33. The lowest BCUT2D eigenvalue weighted by atomic mass is 10.2. The Bertz CT molecular complexity index is 1050. The first kappa shape index (κ1) is 20.0. The molecule has 2 heterocycles. The molecule has 0 unspecified atom stereocenters. The van der Waals surface area contributed by atoms with Gasteiger partial charge in [-0.25, -0.2) is 9.78 Å². The second-order valence-corrected chi connectivity index (χ2v) is 7.87. The zero-order valence-electron chi connectivity index (χ0n) is 17.1. The van der Waals surface area contributed by atoms with Crippen molar-refractivity contribution < 1.29 is 19.0 Å². The van der Waals surface area contributed by atoms with Crippen molar-refractivity contribution in [1.82, 2.24) is 9.88 Å². The van der Waals surface area contributed by atoms with Crippen molar-refractivity contribution >= 4 is 23.1 Å². The molecule has 30 heavy (non-hydrogen) atoms. The smallest absolute Gasteiger partial charge is 0.322 e. The van der Waals surface area contributed by atoms with Gasteiger partial charge < -0.3 is 24.4 Å². The van der Waals surface area contributed by atoms with E-state index in [9.17, 15) is 4.79 Å². The average molecular weight is 426 g/mol. The number of benzene rings is 2. The molecule has 156 valence electrons. The molecule has 0 radical (unpaired) electrons. The van der Waals surface area contributed by atoms with Gasteiger partial charge >= 0.3 is 6.03 Å². The van der Waals surface area contributed by atoms with E-state index in [0.29, 0.717) is 30.3 Å². The van der Waals surface area contributed by atoms with Crippen LogP contribution in [0.4, 0.5) is 10.5 Å². The monoisotopic (exact) mass is 425 g/mol. The van der Waals surface area contributed by atoms with Crippen LogP contribution in [-0.4, -0.2) is 43.8 Å². The van der Waals surface area contributed by atoms with E-state index >= 15 is 0 Å². The third-order valence-corrected chi connectivity index (χ3v) is 6.14. The fourth-order valence-electron chi connectivity index (χ4n) is 3.33. The van der Waals surface area contributed by atoms with Crippen LogP contribution in [0.2, 0.25) is 0 Å². The third kappa shape index (κ3) is 4.04. The summed E-state index contributed by atoms with van der Waals surface area (Å²) >= 11 is 1.62. The Balaban J connectivity index is 1.49. The molecule has 1 aromatic heterocycles. The lowest BCUT2D eigenvalue weighted by Crippen LogP contribution is -2.38. The summed E-state index contributed by atoms with van der Waals surface area (Å²) in [7, 11) is 4.81. The number of nitrogens with zero attached hydrogens (tertiary/aromatic N) is 2. The number of carbonyl (C=O) groups is 1. The van der Waals surface area contributed by atoms with E-state index in [2.05, 4.69) is 5.32 Å². The summed E-state index contributed by atoms with van der Waals surface area (Å²) in [5.74, 6) is 2.05. The van der Waals surface area contributed by atoms with E-state index in [4.69, 9.17) is 19.2 Å². The molecule has 2 amide bonds. The predicted octanol–water partition coefficient (Wildman–Crippen LogP) is 4.43. The molecule has 0 atom stereocenters. The maximum Gasteiger partial charge on any atom is 0.322 e. The summed E-state index contributed by atoms with van der Waals surface area (Å²) in [6.45, 7) is 1.14. The molecular formula is C22H23N3O4S. The Morgan fingerprint density at radius 1 is 1.03 bits per heavy atom. The Labute approximate surface area is 179 Å². The van der Waals surface area contributed by atoms with Gasteiger partial charge in [0.1, 0.15) is 22.3 Å². The zero-order valence-corrected chi connectivity index (χ0v) is 17.9. The molecule has 8 heteroatoms. The molecule has 1 aliphatic heterocycles. The average Bonchev–Trinajstić information content (AvgIpc) is 3.22. The molecule has 1 aliphatic rings. The highest BCUT2D eigenvalue weighted by molar-refractivity contribution is 7.15. The maximum atomic E-state index is 12.9. The number of rotatable bonds is 5. The lowest BCUT2D eigenvalue weighted by molar-refractivity contribution is 0.206. The molecular weight excluding hydrogens is 402 g/mol. The summed E-state index contributed by atoms with van der Waals surface area (Å²) < 4.78 is 15.8. The fraction of sp³-hybridized carbons (Fsp3) is 0.273. The Hall–Kier alpha value is -3.26. The van der Waals surface area contributed by atoms with Crippen molar-refractivity contribution in [3.63, 3.8) is 0 Å². The number of aromatic nitrogens is 1. The topological polar surface area (TPSA) is 72.9 Å². The Morgan fingerprint density at radius 3 is 2.47 bits per heavy atom. The maximum absolute atomic E-state index is 12.9. The van der Waals surface area contributed by atoms with Crippen molar-refractivity contribution in [1.29, 1.82) is 0 Å². The van der Waals surface area contributed by atoms with Gasteiger partial charge in [-0.1, -0.05) is 0 Å². The molecule has 1 N–H and O–H groups in total. The fourth-order valence-corrected chi connectivity index (χ4v) is 4.46. The largest absolute Gasteiger partial charge is 0.497 e. The predicted molar refractivity (Wildman–Crippen MR) is 117 cm³/mol. The van der Waals surface area contributed by atoms with E-state index in [1.807, 2.05) is 24.3 Å². The van der Waals surface area contributed by atoms with E-state index in [1.54, 1.807) is 55.8 Å². The minimum atomic E-state index is -0.174. The molecule has 0 saturated heterocycles. The summed E-state index contributed by atoms with van der Waals surface area (Å²) in [5.41, 5.74) is 2.69. The second kappa shape index (κ2) is 8.62. The molecule has 0 aliphatic carbocycles. The summed E-state index contributed by atoms with van der Waals surface area (Å²) in [4.78, 5) is 20.6. The van der Waals surface area contributed by atoms with Crippen molar-refractivity contribution in [2.45, 2.75) is 13.0 Å². The third-order valence-electron chi connectivity index (χ3n) is 5.00. The van der Waals surface area contributed by atoms with Crippen LogP contribution in [0.3, 0.4) is 0 Å². The van der Waals surface area contributed by atoms with Gasteiger partial charge in [0.2, 0.25) is 0 Å². The number of thiazole rings is 1. The molecule has 0 fully saturated rings. The Kier molecular flexibility index (Phi) is 5.76. The summed E-state index contributed by atoms with van der Waals surface area (Å²) in [6, 6.07) is 13.0. The number of hydrogen-bond acceptors (Lipinski definition) is 6. The van der Waals surface area contributed by atoms with Gasteiger partial charge in [-0.15, -0.1) is 11.3 Å². The molecule has 7 nitrogen and oxygen atoms in total. The van der Waals surface area contributed by atoms with Gasteiger partial charge in [0, 0.05) is 29.5 Å². The van der Waals surface area contributed by atoms with Gasteiger partial charge in [-0.3, -0.25) is 0 Å². The quantitative estimate of drug-likeness (QED) is 0.655. The van der Waals surface area contributed by atoms with Crippen LogP contribution >= 0.6 is 11.3 Å². The number of amides is 2. The molecule has 0 bridgehead atoms. The first-order chi connectivity index (χ1) is 14.6. The van der Waals surface area contributed by atoms with E-state index in [-0.39, 0.29) is 6.03 Å². The van der Waals surface area contributed by atoms with Crippen molar-refractivity contribution in [3.05, 3.63) is 53.0 Å². The normalized spacial score (nSPS) is 12.8. The summed E-state index contributed by atoms with van der Waals surface area (Å²) in [5, 5.41) is 3.90. The van der Waals surface area contributed by atoms with E-state index < -0.39 is 0 Å². The van der Waals surface area contributed by atoms with Crippen LogP contribution in [0.15, 0.2) is 42.5 Å². The van der Waals surface area contributed by atoms with Crippen LogP contribution in [-0.2, 0) is 13.0 Å². The van der Waals surface area contributed by atoms with Crippen molar-refractivity contribution in [2.75, 3.05) is 33.2 Å². The molecule has 2 aromatic carbocycles. The first-order valence-corrected chi connectivity index (χ1v) is 10.3. The lowest BCUT2D eigenvalue weighted by Gasteiger charge is -2.26. The number of fused-ring (bicyclic) bond motifs is 1. The van der Waals surface area contributed by atoms with E-state index in [0.717, 1.165) is 33.3 Å². The number of methoxy groups -OCH3 is 3. The number of ether oxygens (including phenoxy) is 3. The molecule has 0 saturated carbocycles. The summed E-state index contributed by atoms with van der Waals surface area (Å²) in [6.07, 6.45) is 0.727. The minimum Gasteiger partial charge on any atom is -0.497 e. The van der Waals surface area contributed by atoms with E-state index in [1.165, 1.54) is 0 Å². The van der Waals surface area contributed by atoms with Crippen LogP contribution in [0.25, 0.3) is 10.6 Å². The number of nitrogens with one attached hydrogen (secondary N) is 1. The second-order valence-electron chi connectivity index (χ2n) is 6.79. The zero-order chi connectivity index (χ0) is 21.1. The highest BCUT2D eigenvalue weighted by atomic mass is 32.1. The van der Waals surface area contributed by atoms with Gasteiger partial charge in [0.05, 0.1) is 39.3 Å². The number of urea groups is 1. The molecule has 4 rings (SSSR count). The van der Waals surface area contributed by atoms with Crippen LogP contribution in [0.1, 0.15) is 10.6 Å². The number of hydrogen-bond donors (Lipinski definition) is 1. The first-order valence-electron chi connectivity index (χ1n) is 9.52. The SMILES string of the molecule is COc1ccc(-c2nc3c(s2)CN(C(=O)Nc2cc(OC)ccc2OC)CC3)cc1. The van der Waals surface area contributed by atoms with Crippen molar-refractivity contribution in [3.8, 4) is 27.8 Å². The van der Waals surface area contributed by atoms with Gasteiger partial charge in [-0.05, 0) is 36.4 Å². The van der Waals surface area contributed by atoms with Gasteiger partial charge in [0.15, 0.2) is 0 Å². The van der Waals surface area contributed by atoms with Crippen molar-refractivity contribution in [2.24, 2.45) is 0 Å². The molecule has 0 spiro atoms. The highest BCUT2D eigenvalue weighted by Gasteiger charge is 2.25. The van der Waals surface area contributed by atoms with Gasteiger partial charge in [0.25, 0.3) is 0 Å². The van der Waals surface area contributed by atoms with Crippen LogP contribution < -0.4 is 19.5 Å². The minimum absolute atomic E-state index is 0.174. The number of anilines is 1. The molecule has 3 aromatic rings. The van der Waals surface area contributed by atoms with Crippen LogP contribution in [0.5, 0.6) is 17.2 Å².